The van der Waals surface area contributed by atoms with Crippen molar-refractivity contribution >= 4 is 17.6 Å². The number of aliphatic hydroxyl groups is 1. The second kappa shape index (κ2) is 5.74. The molecule has 9 heteroatoms. The number of thiazole rings is 1. The van der Waals surface area contributed by atoms with Crippen LogP contribution < -0.4 is 0 Å². The molecule has 0 aliphatic heterocycles. The third-order valence-corrected chi connectivity index (χ3v) is 2.69. The summed E-state index contributed by atoms with van der Waals surface area (Å²) in [6, 6.07) is 0. The second-order valence-corrected chi connectivity index (χ2v) is 3.71. The van der Waals surface area contributed by atoms with Gasteiger partial charge in [0.25, 0.3) is 0 Å². The summed E-state index contributed by atoms with van der Waals surface area (Å²) in [5, 5.41) is 14.0. The van der Waals surface area contributed by atoms with E-state index in [0.29, 0.717) is 6.29 Å². The minimum absolute atomic E-state index is 0.114. The van der Waals surface area contributed by atoms with Gasteiger partial charge in [-0.15, -0.1) is 11.3 Å². The van der Waals surface area contributed by atoms with Crippen molar-refractivity contribution in [3.63, 3.8) is 0 Å². The number of halogens is 3. The normalized spacial score (nSPS) is 10.7. The van der Waals surface area contributed by atoms with Gasteiger partial charge in [0, 0.05) is 12.5 Å². The number of aromatic amines is 1. The first-order valence-electron chi connectivity index (χ1n) is 4.48. The van der Waals surface area contributed by atoms with Crippen LogP contribution in [0.1, 0.15) is 16.2 Å². The van der Waals surface area contributed by atoms with Gasteiger partial charge in [-0.1, -0.05) is 0 Å². The Morgan fingerprint density at radius 1 is 1.44 bits per heavy atom. The molecule has 0 amide bonds. The molecule has 2 N–H and O–H groups in total. The van der Waals surface area contributed by atoms with Crippen LogP contribution in [0, 0.1) is 0 Å². The van der Waals surface area contributed by atoms with Gasteiger partial charge in [0.05, 0.1) is 11.8 Å². The van der Waals surface area contributed by atoms with Crippen LogP contribution in [-0.4, -0.2) is 33.7 Å². The van der Waals surface area contributed by atoms with Crippen LogP contribution in [-0.2, 0) is 6.18 Å². The van der Waals surface area contributed by atoms with Crippen molar-refractivity contribution in [1.82, 2.24) is 15.2 Å². The maximum Gasteiger partial charge on any atom is 0.434 e. The van der Waals surface area contributed by atoms with E-state index < -0.39 is 11.9 Å². The summed E-state index contributed by atoms with van der Waals surface area (Å²) in [7, 11) is 1.00. The van der Waals surface area contributed by atoms with Gasteiger partial charge < -0.3 is 5.11 Å². The fourth-order valence-electron chi connectivity index (χ4n) is 1.08. The third kappa shape index (κ3) is 2.93. The van der Waals surface area contributed by atoms with Gasteiger partial charge in [-0.3, -0.25) is 9.89 Å². The SMILES string of the molecule is CO.O=Cc1[nH]ncc1-c1nc(C(F)(F)F)cs1. The van der Waals surface area contributed by atoms with E-state index in [1.165, 1.54) is 6.20 Å². The van der Waals surface area contributed by atoms with Crippen molar-refractivity contribution in [3.05, 3.63) is 23.0 Å². The molecule has 0 saturated carbocycles. The first kappa shape index (κ1) is 14.3. The number of carbonyl (C=O) groups is 1. The molecule has 0 spiro atoms. The number of nitrogens with zero attached hydrogens (tertiary/aromatic N) is 2. The van der Waals surface area contributed by atoms with Crippen LogP contribution in [0.4, 0.5) is 13.2 Å². The fourth-order valence-corrected chi connectivity index (χ4v) is 1.93. The Balaban J connectivity index is 0.000000771. The van der Waals surface area contributed by atoms with Crippen LogP contribution in [0.25, 0.3) is 10.6 Å². The number of hydrogen-bond acceptors (Lipinski definition) is 5. The van der Waals surface area contributed by atoms with Gasteiger partial charge in [-0.25, -0.2) is 4.98 Å². The summed E-state index contributed by atoms with van der Waals surface area (Å²) in [6.45, 7) is 0. The van der Waals surface area contributed by atoms with Crippen molar-refractivity contribution in [2.45, 2.75) is 6.18 Å². The molecule has 2 rings (SSSR count). The minimum atomic E-state index is -4.47. The van der Waals surface area contributed by atoms with Crippen molar-refractivity contribution in [2.24, 2.45) is 0 Å². The van der Waals surface area contributed by atoms with Gasteiger partial charge in [-0.2, -0.15) is 18.3 Å². The number of alkyl halides is 3. The number of hydrogen-bond donors (Lipinski definition) is 2. The van der Waals surface area contributed by atoms with Crippen molar-refractivity contribution in [2.75, 3.05) is 7.11 Å². The Kier molecular flexibility index (Phi) is 4.56. The molecular weight excluding hydrogens is 271 g/mol. The summed E-state index contributed by atoms with van der Waals surface area (Å²) >= 11 is 0.814. The number of rotatable bonds is 2. The van der Waals surface area contributed by atoms with E-state index in [-0.39, 0.29) is 16.3 Å². The Hall–Kier alpha value is -1.74. The lowest BCUT2D eigenvalue weighted by Crippen LogP contribution is -2.04. The molecule has 2 heterocycles. The Morgan fingerprint density at radius 3 is 2.61 bits per heavy atom. The maximum atomic E-state index is 12.3. The highest BCUT2D eigenvalue weighted by molar-refractivity contribution is 7.13. The van der Waals surface area contributed by atoms with Crippen molar-refractivity contribution in [3.8, 4) is 10.6 Å². The van der Waals surface area contributed by atoms with Gasteiger partial charge >= 0.3 is 6.18 Å². The zero-order valence-electron chi connectivity index (χ0n) is 9.02. The molecule has 0 atom stereocenters. The monoisotopic (exact) mass is 279 g/mol. The quantitative estimate of drug-likeness (QED) is 0.824. The fraction of sp³-hybridized carbons (Fsp3) is 0.222. The zero-order valence-corrected chi connectivity index (χ0v) is 9.84. The number of aliphatic hydroxyl groups excluding tert-OH is 1. The minimum Gasteiger partial charge on any atom is -0.400 e. The number of nitrogens with one attached hydrogen (secondary N) is 1. The smallest absolute Gasteiger partial charge is 0.400 e. The first-order chi connectivity index (χ1) is 8.52. The van der Waals surface area contributed by atoms with E-state index in [9.17, 15) is 18.0 Å². The molecule has 0 aliphatic carbocycles. The second-order valence-electron chi connectivity index (χ2n) is 2.85. The number of aldehydes is 1. The van der Waals surface area contributed by atoms with Crippen LogP contribution in [0.2, 0.25) is 0 Å². The van der Waals surface area contributed by atoms with Gasteiger partial charge in [-0.05, 0) is 0 Å². The number of carbonyl (C=O) groups excluding carboxylic acids is 1. The summed E-state index contributed by atoms with van der Waals surface area (Å²) in [6.07, 6.45) is -2.72. The molecule has 98 valence electrons. The van der Waals surface area contributed by atoms with Gasteiger partial charge in [0.15, 0.2) is 12.0 Å². The summed E-state index contributed by atoms with van der Waals surface area (Å²) in [5.74, 6) is 0. The zero-order chi connectivity index (χ0) is 13.8. The van der Waals surface area contributed by atoms with E-state index in [4.69, 9.17) is 5.11 Å². The molecule has 0 radical (unpaired) electrons. The molecule has 0 unspecified atom stereocenters. The van der Waals surface area contributed by atoms with E-state index in [1.54, 1.807) is 0 Å². The largest absolute Gasteiger partial charge is 0.434 e. The predicted octanol–water partition coefficient (Wildman–Crippen LogP) is 1.97. The lowest BCUT2D eigenvalue weighted by atomic mass is 10.3. The van der Waals surface area contributed by atoms with Gasteiger partial charge in [0.1, 0.15) is 10.7 Å². The summed E-state index contributed by atoms with van der Waals surface area (Å²) in [4.78, 5) is 14.0. The molecule has 2 aromatic rings. The van der Waals surface area contributed by atoms with Crippen LogP contribution in [0.5, 0.6) is 0 Å². The molecule has 2 aromatic heterocycles. The highest BCUT2D eigenvalue weighted by Crippen LogP contribution is 2.33. The average molecular weight is 279 g/mol. The standard InChI is InChI=1S/C8H4F3N3OS.CH4O/c9-8(10,11)6-3-16-7(13-6)4-1-12-14-5(4)2-15;1-2/h1-3H,(H,12,14);2H,1H3. The van der Waals surface area contributed by atoms with E-state index in [0.717, 1.165) is 23.8 Å². The molecule has 0 fully saturated rings. The van der Waals surface area contributed by atoms with Crippen molar-refractivity contribution in [1.29, 1.82) is 0 Å². The van der Waals surface area contributed by atoms with Gasteiger partial charge in [0.2, 0.25) is 0 Å². The number of H-pyrrole nitrogens is 1. The number of aromatic nitrogens is 3. The Morgan fingerprint density at radius 2 is 2.11 bits per heavy atom. The molecule has 18 heavy (non-hydrogen) atoms. The van der Waals surface area contributed by atoms with Crippen LogP contribution >= 0.6 is 11.3 Å². The molecular formula is C9H8F3N3O2S. The van der Waals surface area contributed by atoms with E-state index >= 15 is 0 Å². The molecule has 0 aliphatic rings. The van der Waals surface area contributed by atoms with Crippen molar-refractivity contribution < 1.29 is 23.1 Å². The highest BCUT2D eigenvalue weighted by Gasteiger charge is 2.34. The summed E-state index contributed by atoms with van der Waals surface area (Å²) in [5.41, 5.74) is -0.580. The lowest BCUT2D eigenvalue weighted by molar-refractivity contribution is -0.140. The lowest BCUT2D eigenvalue weighted by Gasteiger charge is -1.99. The molecule has 0 aromatic carbocycles. The molecule has 5 nitrogen and oxygen atoms in total. The third-order valence-electron chi connectivity index (χ3n) is 1.81. The predicted molar refractivity (Wildman–Crippen MR) is 58.2 cm³/mol. The van der Waals surface area contributed by atoms with Crippen LogP contribution in [0.3, 0.4) is 0 Å². The maximum absolute atomic E-state index is 12.3. The van der Waals surface area contributed by atoms with Crippen LogP contribution in [0.15, 0.2) is 11.6 Å². The highest BCUT2D eigenvalue weighted by atomic mass is 32.1. The Bertz CT molecular complexity index is 521. The molecule has 0 bridgehead atoms. The van der Waals surface area contributed by atoms with E-state index in [1.807, 2.05) is 0 Å². The Labute approximate surface area is 103 Å². The first-order valence-corrected chi connectivity index (χ1v) is 5.36. The molecule has 0 saturated heterocycles. The van der Waals surface area contributed by atoms with E-state index in [2.05, 4.69) is 15.2 Å². The topological polar surface area (TPSA) is 78.9 Å². The average Bonchev–Trinajstić information content (AvgIpc) is 2.99. The summed E-state index contributed by atoms with van der Waals surface area (Å²) < 4.78 is 36.8.